The summed E-state index contributed by atoms with van der Waals surface area (Å²) in [6.45, 7) is 1.26. The van der Waals surface area contributed by atoms with Crippen LogP contribution in [0, 0.1) is 17.2 Å². The van der Waals surface area contributed by atoms with Crippen molar-refractivity contribution in [3.8, 4) is 23.3 Å². The molecule has 2 rings (SSSR count). The molecule has 13 heteroatoms. The molecule has 0 fully saturated rings. The van der Waals surface area contributed by atoms with E-state index >= 15 is 0 Å². The van der Waals surface area contributed by atoms with Crippen LogP contribution in [0.15, 0.2) is 36.4 Å². The van der Waals surface area contributed by atoms with Gasteiger partial charge in [0.1, 0.15) is 17.2 Å². The Labute approximate surface area is 207 Å². The van der Waals surface area contributed by atoms with Gasteiger partial charge in [-0.3, -0.25) is 9.59 Å². The Morgan fingerprint density at radius 3 is 2.26 bits per heavy atom. The highest BCUT2D eigenvalue weighted by atomic mass is 35.5. The molecule has 0 radical (unpaired) electrons. The van der Waals surface area contributed by atoms with E-state index in [9.17, 15) is 32.8 Å². The number of carbonyl (C=O) groups excluding carboxylic acids is 3. The molecule has 186 valence electrons. The van der Waals surface area contributed by atoms with Gasteiger partial charge in [0, 0.05) is 13.1 Å². The van der Waals surface area contributed by atoms with Crippen LogP contribution in [0.25, 0.3) is 0 Å². The van der Waals surface area contributed by atoms with Gasteiger partial charge in [-0.05, 0) is 37.3 Å². The Morgan fingerprint density at radius 1 is 1.06 bits per heavy atom. The molecule has 0 aliphatic rings. The summed E-state index contributed by atoms with van der Waals surface area (Å²) in [5.41, 5.74) is -0.957. The monoisotopic (exact) mass is 532 g/mol. The van der Waals surface area contributed by atoms with Crippen molar-refractivity contribution in [2.24, 2.45) is 5.92 Å². The normalized spacial score (nSPS) is 12.7. The van der Waals surface area contributed by atoms with Gasteiger partial charge in [-0.25, -0.2) is 9.69 Å². The molecule has 0 aromatic heterocycles. The number of rotatable bonds is 7. The first-order valence-electron chi connectivity index (χ1n) is 9.59. The van der Waals surface area contributed by atoms with Crippen molar-refractivity contribution >= 4 is 41.0 Å². The lowest BCUT2D eigenvalue weighted by molar-refractivity contribution is -0.139. The van der Waals surface area contributed by atoms with Gasteiger partial charge in [0.05, 0.1) is 28.8 Å². The van der Waals surface area contributed by atoms with Gasteiger partial charge in [0.2, 0.25) is 0 Å². The second-order valence-corrected chi connectivity index (χ2v) is 7.74. The van der Waals surface area contributed by atoms with Crippen molar-refractivity contribution in [1.29, 1.82) is 5.26 Å². The molecule has 0 N–H and O–H groups in total. The van der Waals surface area contributed by atoms with Crippen LogP contribution in [0.5, 0.6) is 17.2 Å². The number of Topliss-reactive ketones (excluding diaryl/α,β-unsaturated/α-hetero) is 1. The van der Waals surface area contributed by atoms with Crippen LogP contribution in [0.3, 0.4) is 0 Å². The van der Waals surface area contributed by atoms with Gasteiger partial charge in [-0.1, -0.05) is 23.2 Å². The second kappa shape index (κ2) is 11.3. The third kappa shape index (κ3) is 6.77. The van der Waals surface area contributed by atoms with Crippen LogP contribution in [-0.2, 0) is 20.5 Å². The van der Waals surface area contributed by atoms with Crippen LogP contribution in [0.2, 0.25) is 10.0 Å². The van der Waals surface area contributed by atoms with Gasteiger partial charge in [0.25, 0.3) is 5.91 Å². The number of nitriles is 1. The Kier molecular flexibility index (Phi) is 8.95. The Morgan fingerprint density at radius 2 is 1.71 bits per heavy atom. The summed E-state index contributed by atoms with van der Waals surface area (Å²) in [7, 11) is 2.07. The molecule has 35 heavy (non-hydrogen) atoms. The third-order valence-electron chi connectivity index (χ3n) is 4.53. The molecule has 2 amide bonds. The Balaban J connectivity index is 2.21. The highest BCUT2D eigenvalue weighted by molar-refractivity contribution is 6.32. The maximum atomic E-state index is 12.8. The molecule has 8 nitrogen and oxygen atoms in total. The minimum absolute atomic E-state index is 0.0297. The molecule has 2 aromatic rings. The molecule has 2 unspecified atom stereocenters. The molecule has 0 bridgehead atoms. The van der Waals surface area contributed by atoms with Crippen molar-refractivity contribution in [3.05, 3.63) is 52.0 Å². The van der Waals surface area contributed by atoms with E-state index in [2.05, 4.69) is 4.74 Å². The molecule has 0 aliphatic heterocycles. The number of ketones is 1. The zero-order chi connectivity index (χ0) is 26.5. The molecule has 0 spiro atoms. The van der Waals surface area contributed by atoms with E-state index in [0.29, 0.717) is 11.0 Å². The molecule has 0 aliphatic carbocycles. The van der Waals surface area contributed by atoms with Crippen LogP contribution in [0.4, 0.5) is 18.0 Å². The number of halogens is 5. The summed E-state index contributed by atoms with van der Waals surface area (Å²) in [6, 6.07) is 8.01. The highest BCUT2D eigenvalue weighted by Crippen LogP contribution is 2.38. The predicted octanol–water partition coefficient (Wildman–Crippen LogP) is 5.51. The molecular weight excluding hydrogens is 516 g/mol. The first-order chi connectivity index (χ1) is 16.3. The zero-order valence-electron chi connectivity index (χ0n) is 18.4. The summed E-state index contributed by atoms with van der Waals surface area (Å²) < 4.78 is 53.9. The largest absolute Gasteiger partial charge is 0.481 e. The molecular formula is C22H17Cl2F3N2O6. The first kappa shape index (κ1) is 27.8. The molecule has 0 heterocycles. The van der Waals surface area contributed by atoms with Crippen LogP contribution < -0.4 is 9.47 Å². The summed E-state index contributed by atoms with van der Waals surface area (Å²) >= 11 is 12.0. The molecule has 2 atom stereocenters. The van der Waals surface area contributed by atoms with Gasteiger partial charge in [0.15, 0.2) is 17.8 Å². The highest BCUT2D eigenvalue weighted by Gasteiger charge is 2.36. The maximum Gasteiger partial charge on any atom is 0.416 e. The first-order valence-corrected chi connectivity index (χ1v) is 10.3. The van der Waals surface area contributed by atoms with E-state index in [1.54, 1.807) is 0 Å². The van der Waals surface area contributed by atoms with Crippen molar-refractivity contribution in [1.82, 2.24) is 4.90 Å². The van der Waals surface area contributed by atoms with Gasteiger partial charge in [-0.15, -0.1) is 0 Å². The van der Waals surface area contributed by atoms with Crippen molar-refractivity contribution < 1.29 is 41.8 Å². The fourth-order valence-electron chi connectivity index (χ4n) is 2.67. The standard InChI is InChI=1S/C22H17Cl2F3N2O6/c1-11(19(30)14(10-28)20(31)29(2)21(32)33-3)34-18-9-13(5-6-15(18)23)35-17-7-4-12(8-16(17)24)22(25,26)27/h4-9,11,14H,1-3H3. The summed E-state index contributed by atoms with van der Waals surface area (Å²) in [5, 5.41) is 9.02. The second-order valence-electron chi connectivity index (χ2n) is 6.93. The number of alkyl halides is 3. The smallest absolute Gasteiger partial charge is 0.416 e. The Bertz CT molecular complexity index is 1180. The third-order valence-corrected chi connectivity index (χ3v) is 5.14. The van der Waals surface area contributed by atoms with E-state index in [4.69, 9.17) is 32.7 Å². The number of ether oxygens (including phenoxy) is 3. The molecule has 2 aromatic carbocycles. The number of methoxy groups -OCH3 is 1. The van der Waals surface area contributed by atoms with E-state index < -0.39 is 41.5 Å². The average molecular weight is 533 g/mol. The quantitative estimate of drug-likeness (QED) is 0.433. The lowest BCUT2D eigenvalue weighted by atomic mass is 10.0. The number of amides is 2. The van der Waals surface area contributed by atoms with Gasteiger partial charge < -0.3 is 14.2 Å². The van der Waals surface area contributed by atoms with Crippen molar-refractivity contribution in [2.45, 2.75) is 19.2 Å². The summed E-state index contributed by atoms with van der Waals surface area (Å²) in [6.07, 6.45) is -7.01. The number of benzene rings is 2. The number of carbonyl (C=O) groups is 3. The summed E-state index contributed by atoms with van der Waals surface area (Å²) in [5.74, 6) is -4.04. The van der Waals surface area contributed by atoms with Gasteiger partial charge >= 0.3 is 12.3 Å². The molecule has 0 saturated carbocycles. The number of hydrogen-bond donors (Lipinski definition) is 0. The fourth-order valence-corrected chi connectivity index (χ4v) is 3.05. The van der Waals surface area contributed by atoms with E-state index in [1.165, 1.54) is 31.2 Å². The molecule has 0 saturated heterocycles. The number of hydrogen-bond acceptors (Lipinski definition) is 7. The number of imide groups is 1. The van der Waals surface area contributed by atoms with Gasteiger partial charge in [-0.2, -0.15) is 18.4 Å². The van der Waals surface area contributed by atoms with Crippen molar-refractivity contribution in [2.75, 3.05) is 14.2 Å². The summed E-state index contributed by atoms with van der Waals surface area (Å²) in [4.78, 5) is 37.0. The maximum absolute atomic E-state index is 12.8. The fraction of sp³-hybridized carbons (Fsp3) is 0.273. The Hall–Kier alpha value is -3.49. The van der Waals surface area contributed by atoms with E-state index in [0.717, 1.165) is 26.3 Å². The van der Waals surface area contributed by atoms with E-state index in [-0.39, 0.29) is 27.3 Å². The SMILES string of the molecule is COC(=O)N(C)C(=O)C(C#N)C(=O)C(C)Oc1cc(Oc2ccc(C(F)(F)F)cc2Cl)ccc1Cl. The minimum atomic E-state index is -4.58. The van der Waals surface area contributed by atoms with E-state index in [1.807, 2.05) is 0 Å². The van der Waals surface area contributed by atoms with Crippen LogP contribution >= 0.6 is 23.2 Å². The lowest BCUT2D eigenvalue weighted by Gasteiger charge is -2.20. The minimum Gasteiger partial charge on any atom is -0.481 e. The lowest BCUT2D eigenvalue weighted by Crippen LogP contribution is -2.43. The van der Waals surface area contributed by atoms with Crippen LogP contribution in [0.1, 0.15) is 12.5 Å². The topological polar surface area (TPSA) is 106 Å². The predicted molar refractivity (Wildman–Crippen MR) is 117 cm³/mol. The zero-order valence-corrected chi connectivity index (χ0v) is 19.9. The van der Waals surface area contributed by atoms with Crippen molar-refractivity contribution in [3.63, 3.8) is 0 Å². The van der Waals surface area contributed by atoms with Crippen LogP contribution in [-0.4, -0.2) is 42.9 Å². The number of nitrogens with zero attached hydrogens (tertiary/aromatic N) is 2. The average Bonchev–Trinajstić information content (AvgIpc) is 2.80.